The SMILES string of the molecule is OC(c1cnccc1C(F)(F)F)C1CN2CCCC2CO1. The summed E-state index contributed by atoms with van der Waals surface area (Å²) < 4.78 is 44.6. The molecule has 0 aromatic carbocycles. The van der Waals surface area contributed by atoms with Crippen molar-refractivity contribution in [3.05, 3.63) is 29.6 Å². The maximum Gasteiger partial charge on any atom is 0.416 e. The Kier molecular flexibility index (Phi) is 3.90. The van der Waals surface area contributed by atoms with Gasteiger partial charge in [-0.25, -0.2) is 0 Å². The highest BCUT2D eigenvalue weighted by Crippen LogP contribution is 2.36. The second-order valence-electron chi connectivity index (χ2n) is 5.57. The van der Waals surface area contributed by atoms with Crippen LogP contribution in [-0.2, 0) is 10.9 Å². The molecular formula is C14H17F3N2O2. The van der Waals surface area contributed by atoms with Crippen LogP contribution in [0.1, 0.15) is 30.1 Å². The van der Waals surface area contributed by atoms with Crippen molar-refractivity contribution in [2.75, 3.05) is 19.7 Å². The molecule has 7 heteroatoms. The monoisotopic (exact) mass is 302 g/mol. The quantitative estimate of drug-likeness (QED) is 0.907. The van der Waals surface area contributed by atoms with Crippen LogP contribution in [0, 0.1) is 0 Å². The summed E-state index contributed by atoms with van der Waals surface area (Å²) in [6, 6.07) is 1.23. The number of nitrogens with zero attached hydrogens (tertiary/aromatic N) is 2. The molecule has 4 nitrogen and oxygen atoms in total. The van der Waals surface area contributed by atoms with E-state index in [1.54, 1.807) is 0 Å². The number of hydrogen-bond acceptors (Lipinski definition) is 4. The summed E-state index contributed by atoms with van der Waals surface area (Å²) in [5.74, 6) is 0. The molecule has 2 saturated heterocycles. The number of alkyl halides is 3. The Labute approximate surface area is 120 Å². The van der Waals surface area contributed by atoms with E-state index in [1.807, 2.05) is 0 Å². The van der Waals surface area contributed by atoms with Gasteiger partial charge in [0.25, 0.3) is 0 Å². The van der Waals surface area contributed by atoms with E-state index in [9.17, 15) is 18.3 Å². The van der Waals surface area contributed by atoms with E-state index in [2.05, 4.69) is 9.88 Å². The highest BCUT2D eigenvalue weighted by Gasteiger charge is 2.40. The Morgan fingerprint density at radius 1 is 1.43 bits per heavy atom. The smallest absolute Gasteiger partial charge is 0.386 e. The second kappa shape index (κ2) is 5.55. The average Bonchev–Trinajstić information content (AvgIpc) is 2.93. The number of pyridine rings is 1. The van der Waals surface area contributed by atoms with Crippen LogP contribution in [0.25, 0.3) is 0 Å². The van der Waals surface area contributed by atoms with Gasteiger partial charge in [-0.15, -0.1) is 0 Å². The van der Waals surface area contributed by atoms with Gasteiger partial charge in [0.05, 0.1) is 12.2 Å². The number of rotatable bonds is 2. The van der Waals surface area contributed by atoms with Crippen molar-refractivity contribution in [2.24, 2.45) is 0 Å². The lowest BCUT2D eigenvalue weighted by molar-refractivity contribution is -0.142. The minimum absolute atomic E-state index is 0.215. The summed E-state index contributed by atoms with van der Waals surface area (Å²) in [6.45, 7) is 1.83. The van der Waals surface area contributed by atoms with Crippen LogP contribution < -0.4 is 0 Å². The Morgan fingerprint density at radius 2 is 2.24 bits per heavy atom. The van der Waals surface area contributed by atoms with Crippen LogP contribution in [0.3, 0.4) is 0 Å². The summed E-state index contributed by atoms with van der Waals surface area (Å²) in [5, 5.41) is 10.3. The van der Waals surface area contributed by atoms with Crippen molar-refractivity contribution in [1.29, 1.82) is 0 Å². The lowest BCUT2D eigenvalue weighted by Gasteiger charge is -2.37. The van der Waals surface area contributed by atoms with Crippen molar-refractivity contribution in [3.8, 4) is 0 Å². The number of fused-ring (bicyclic) bond motifs is 1. The van der Waals surface area contributed by atoms with Gasteiger partial charge in [0.15, 0.2) is 0 Å². The molecule has 21 heavy (non-hydrogen) atoms. The summed E-state index contributed by atoms with van der Waals surface area (Å²) >= 11 is 0. The summed E-state index contributed by atoms with van der Waals surface area (Å²) in [6.07, 6.45) is -2.21. The first kappa shape index (κ1) is 14.7. The molecule has 1 N–H and O–H groups in total. The topological polar surface area (TPSA) is 45.6 Å². The molecule has 3 atom stereocenters. The molecule has 2 aliphatic heterocycles. The predicted octanol–water partition coefficient (Wildman–Crippen LogP) is 2.00. The van der Waals surface area contributed by atoms with Crippen molar-refractivity contribution in [2.45, 2.75) is 37.3 Å². The molecule has 1 aromatic rings. The van der Waals surface area contributed by atoms with Gasteiger partial charge in [-0.3, -0.25) is 9.88 Å². The molecule has 1 aromatic heterocycles. The van der Waals surface area contributed by atoms with Gasteiger partial charge < -0.3 is 9.84 Å². The van der Waals surface area contributed by atoms with Crippen LogP contribution in [0.4, 0.5) is 13.2 Å². The van der Waals surface area contributed by atoms with Gasteiger partial charge in [-0.2, -0.15) is 13.2 Å². The van der Waals surface area contributed by atoms with E-state index in [-0.39, 0.29) is 5.56 Å². The summed E-state index contributed by atoms with van der Waals surface area (Å²) in [4.78, 5) is 5.89. The molecule has 3 rings (SSSR count). The van der Waals surface area contributed by atoms with Gasteiger partial charge in [0.1, 0.15) is 12.2 Å². The number of aliphatic hydroxyl groups excluding tert-OH is 1. The summed E-state index contributed by atoms with van der Waals surface area (Å²) in [7, 11) is 0. The van der Waals surface area contributed by atoms with Gasteiger partial charge >= 0.3 is 6.18 Å². The van der Waals surface area contributed by atoms with Crippen molar-refractivity contribution < 1.29 is 23.0 Å². The number of aliphatic hydroxyl groups is 1. The van der Waals surface area contributed by atoms with E-state index < -0.39 is 23.9 Å². The first-order chi connectivity index (χ1) is 9.97. The lowest BCUT2D eigenvalue weighted by Crippen LogP contribution is -2.48. The molecule has 3 heterocycles. The number of hydrogen-bond donors (Lipinski definition) is 1. The molecule has 0 spiro atoms. The fraction of sp³-hybridized carbons (Fsp3) is 0.643. The largest absolute Gasteiger partial charge is 0.416 e. The molecule has 0 bridgehead atoms. The Hall–Kier alpha value is -1.18. The maximum atomic E-state index is 13.0. The predicted molar refractivity (Wildman–Crippen MR) is 68.5 cm³/mol. The Bertz CT molecular complexity index is 509. The van der Waals surface area contributed by atoms with E-state index in [4.69, 9.17) is 4.74 Å². The van der Waals surface area contributed by atoms with Gasteiger partial charge in [0.2, 0.25) is 0 Å². The van der Waals surface area contributed by atoms with E-state index in [1.165, 1.54) is 0 Å². The first-order valence-electron chi connectivity index (χ1n) is 7.01. The molecule has 0 saturated carbocycles. The molecule has 0 radical (unpaired) electrons. The third kappa shape index (κ3) is 2.90. The molecule has 3 unspecified atom stereocenters. The van der Waals surface area contributed by atoms with Crippen molar-refractivity contribution >= 4 is 0 Å². The zero-order valence-corrected chi connectivity index (χ0v) is 11.4. The third-order valence-corrected chi connectivity index (χ3v) is 4.24. The van der Waals surface area contributed by atoms with E-state index in [0.29, 0.717) is 19.2 Å². The fourth-order valence-corrected chi connectivity index (χ4v) is 3.13. The molecule has 116 valence electrons. The third-order valence-electron chi connectivity index (χ3n) is 4.24. The number of halogens is 3. The first-order valence-corrected chi connectivity index (χ1v) is 7.01. The molecule has 2 fully saturated rings. The van der Waals surface area contributed by atoms with Crippen LogP contribution >= 0.6 is 0 Å². The standard InChI is InChI=1S/C14H17F3N2O2/c15-14(16,17)11-3-4-18-6-10(11)13(20)12-7-19-5-1-2-9(19)8-21-12/h3-4,6,9,12-13,20H,1-2,5,7-8H2. The van der Waals surface area contributed by atoms with E-state index >= 15 is 0 Å². The molecule has 0 amide bonds. The minimum Gasteiger partial charge on any atom is -0.386 e. The van der Waals surface area contributed by atoms with Gasteiger partial charge in [-0.1, -0.05) is 0 Å². The zero-order chi connectivity index (χ0) is 15.0. The summed E-state index contributed by atoms with van der Waals surface area (Å²) in [5.41, 5.74) is -1.07. The molecular weight excluding hydrogens is 285 g/mol. The van der Waals surface area contributed by atoms with Gasteiger partial charge in [0, 0.05) is 30.5 Å². The van der Waals surface area contributed by atoms with Crippen LogP contribution in [-0.4, -0.2) is 46.8 Å². The van der Waals surface area contributed by atoms with Crippen molar-refractivity contribution in [3.63, 3.8) is 0 Å². The van der Waals surface area contributed by atoms with Crippen LogP contribution in [0.5, 0.6) is 0 Å². The average molecular weight is 302 g/mol. The lowest BCUT2D eigenvalue weighted by atomic mass is 9.99. The van der Waals surface area contributed by atoms with Crippen molar-refractivity contribution in [1.82, 2.24) is 9.88 Å². The highest BCUT2D eigenvalue weighted by molar-refractivity contribution is 5.29. The Morgan fingerprint density at radius 3 is 3.00 bits per heavy atom. The molecule has 2 aliphatic rings. The normalized spacial score (nSPS) is 28.4. The van der Waals surface area contributed by atoms with E-state index in [0.717, 1.165) is 37.8 Å². The highest BCUT2D eigenvalue weighted by atomic mass is 19.4. The minimum atomic E-state index is -4.51. The van der Waals surface area contributed by atoms with Crippen LogP contribution in [0.15, 0.2) is 18.5 Å². The number of morpholine rings is 1. The number of aromatic nitrogens is 1. The zero-order valence-electron chi connectivity index (χ0n) is 11.4. The fourth-order valence-electron chi connectivity index (χ4n) is 3.13. The maximum absolute atomic E-state index is 13.0. The molecule has 0 aliphatic carbocycles. The number of ether oxygens (including phenoxy) is 1. The Balaban J connectivity index is 1.81. The van der Waals surface area contributed by atoms with Gasteiger partial charge in [-0.05, 0) is 25.5 Å². The second-order valence-corrected chi connectivity index (χ2v) is 5.57. The van der Waals surface area contributed by atoms with Crippen LogP contribution in [0.2, 0.25) is 0 Å².